The molecule has 0 amide bonds. The van der Waals surface area contributed by atoms with E-state index < -0.39 is 0 Å². The zero-order valence-corrected chi connectivity index (χ0v) is 20.6. The molecule has 4 rings (SSSR count). The van der Waals surface area contributed by atoms with E-state index in [2.05, 4.69) is 72.4 Å². The average Bonchev–Trinajstić information content (AvgIpc) is 3.15. The summed E-state index contributed by atoms with van der Waals surface area (Å²) < 4.78 is 1.98. The van der Waals surface area contributed by atoms with Gasteiger partial charge in [-0.25, -0.2) is 4.68 Å². The second-order valence-corrected chi connectivity index (χ2v) is 9.63. The van der Waals surface area contributed by atoms with Gasteiger partial charge in [0.25, 0.3) is 0 Å². The molecule has 3 heterocycles. The monoisotopic (exact) mass is 448 g/mol. The van der Waals surface area contributed by atoms with E-state index in [4.69, 9.17) is 5.10 Å². The highest BCUT2D eigenvalue weighted by Crippen LogP contribution is 2.32. The number of piperidine rings is 1. The van der Waals surface area contributed by atoms with Crippen LogP contribution in [0.2, 0.25) is 0 Å². The predicted molar refractivity (Wildman–Crippen MR) is 133 cm³/mol. The summed E-state index contributed by atoms with van der Waals surface area (Å²) in [6.45, 7) is 12.9. The van der Waals surface area contributed by atoms with Crippen LogP contribution < -0.4 is 10.2 Å². The van der Waals surface area contributed by atoms with E-state index in [9.17, 15) is 4.79 Å². The molecule has 0 unspecified atom stereocenters. The number of aromatic nitrogens is 4. The van der Waals surface area contributed by atoms with Crippen molar-refractivity contribution in [3.8, 4) is 5.69 Å². The first-order valence-corrected chi connectivity index (χ1v) is 12.2. The normalized spacial score (nSPS) is 16.7. The minimum Gasteiger partial charge on any atom is -0.353 e. The second kappa shape index (κ2) is 10.00. The Morgan fingerprint density at radius 3 is 2.64 bits per heavy atom. The van der Waals surface area contributed by atoms with Crippen LogP contribution in [0, 0.1) is 26.7 Å². The summed E-state index contributed by atoms with van der Waals surface area (Å²) >= 11 is 0. The number of carbonyl (C=O) groups excluding carboxylic acids is 1. The van der Waals surface area contributed by atoms with Crippen LogP contribution in [0.25, 0.3) is 16.6 Å². The van der Waals surface area contributed by atoms with Gasteiger partial charge in [-0.05, 0) is 58.7 Å². The van der Waals surface area contributed by atoms with Gasteiger partial charge in [0.15, 0.2) is 5.82 Å². The highest BCUT2D eigenvalue weighted by atomic mass is 16.1. The van der Waals surface area contributed by atoms with E-state index in [1.165, 1.54) is 5.56 Å². The Balaban J connectivity index is 1.57. The van der Waals surface area contributed by atoms with Crippen LogP contribution in [0.1, 0.15) is 56.5 Å². The van der Waals surface area contributed by atoms with Crippen molar-refractivity contribution in [2.45, 2.75) is 66.3 Å². The smallest absolute Gasteiger partial charge is 0.179 e. The molecule has 0 aliphatic carbocycles. The summed E-state index contributed by atoms with van der Waals surface area (Å²) in [7, 11) is 0. The van der Waals surface area contributed by atoms with Gasteiger partial charge in [0.2, 0.25) is 0 Å². The second-order valence-electron chi connectivity index (χ2n) is 9.63. The third-order valence-corrected chi connectivity index (χ3v) is 6.59. The van der Waals surface area contributed by atoms with Crippen molar-refractivity contribution in [2.75, 3.05) is 24.5 Å². The molecule has 1 aliphatic heterocycles. The van der Waals surface area contributed by atoms with E-state index in [0.717, 1.165) is 66.1 Å². The van der Waals surface area contributed by atoms with Crippen LogP contribution in [0.5, 0.6) is 0 Å². The Labute approximate surface area is 196 Å². The van der Waals surface area contributed by atoms with E-state index in [1.807, 2.05) is 11.6 Å². The number of hydrogen-bond acceptors (Lipinski definition) is 6. The van der Waals surface area contributed by atoms with E-state index in [0.29, 0.717) is 24.8 Å². The molecular formula is C26H36N6O. The number of hydrogen-bond donors (Lipinski definition) is 1. The van der Waals surface area contributed by atoms with Gasteiger partial charge in [-0.1, -0.05) is 31.5 Å². The van der Waals surface area contributed by atoms with Gasteiger partial charge in [-0.2, -0.15) is 10.2 Å². The number of aryl methyl sites for hydroxylation is 3. The molecule has 0 spiro atoms. The standard InChI is InChI=1S/C26H36N6O/c1-17(2)27-14-6-9-23(33)21-8-7-15-31(16-21)26-25-24(19(4)28-29-26)20(5)32(30-25)22-12-10-18(3)11-13-22/h10-13,17,21,27H,6-9,14-16H2,1-5H3/t21-/m0/s1. The Kier molecular flexibility index (Phi) is 7.08. The molecular weight excluding hydrogens is 412 g/mol. The number of Topliss-reactive ketones (excluding diaryl/α,β-unsaturated/α-hetero) is 1. The number of fused-ring (bicyclic) bond motifs is 1. The van der Waals surface area contributed by atoms with E-state index in [1.54, 1.807) is 0 Å². The average molecular weight is 449 g/mol. The maximum atomic E-state index is 12.9. The van der Waals surface area contributed by atoms with Crippen molar-refractivity contribution in [2.24, 2.45) is 5.92 Å². The lowest BCUT2D eigenvalue weighted by Gasteiger charge is -2.32. The maximum Gasteiger partial charge on any atom is 0.179 e. The molecule has 0 bridgehead atoms. The fourth-order valence-electron chi connectivity index (χ4n) is 4.75. The highest BCUT2D eigenvalue weighted by molar-refractivity contribution is 5.92. The van der Waals surface area contributed by atoms with Crippen LogP contribution in [-0.4, -0.2) is 51.4 Å². The lowest BCUT2D eigenvalue weighted by Crippen LogP contribution is -2.39. The van der Waals surface area contributed by atoms with Crippen LogP contribution in [0.3, 0.4) is 0 Å². The third-order valence-electron chi connectivity index (χ3n) is 6.59. The van der Waals surface area contributed by atoms with Gasteiger partial charge in [-0.3, -0.25) is 4.79 Å². The van der Waals surface area contributed by atoms with Gasteiger partial charge in [0.1, 0.15) is 11.3 Å². The minimum absolute atomic E-state index is 0.0521. The van der Waals surface area contributed by atoms with Crippen molar-refractivity contribution >= 4 is 22.5 Å². The zero-order chi connectivity index (χ0) is 23.5. The van der Waals surface area contributed by atoms with Crippen LogP contribution >= 0.6 is 0 Å². The SMILES string of the molecule is Cc1ccc(-n2nc3c(N4CCC[C@H](C(=O)CCCNC(C)C)C4)nnc(C)c3c2C)cc1. The topological polar surface area (TPSA) is 75.9 Å². The fraction of sp³-hybridized carbons (Fsp3) is 0.538. The molecule has 7 nitrogen and oxygen atoms in total. The first kappa shape index (κ1) is 23.4. The summed E-state index contributed by atoms with van der Waals surface area (Å²) in [6, 6.07) is 8.84. The molecule has 1 N–H and O–H groups in total. The Morgan fingerprint density at radius 2 is 1.91 bits per heavy atom. The predicted octanol–water partition coefficient (Wildman–Crippen LogP) is 4.30. The summed E-state index contributed by atoms with van der Waals surface area (Å²) in [5.74, 6) is 1.21. The van der Waals surface area contributed by atoms with Gasteiger partial charge < -0.3 is 10.2 Å². The molecule has 33 heavy (non-hydrogen) atoms. The Morgan fingerprint density at radius 1 is 1.15 bits per heavy atom. The van der Waals surface area contributed by atoms with Crippen molar-refractivity contribution in [1.29, 1.82) is 0 Å². The molecule has 1 aromatic carbocycles. The number of ketones is 1. The van der Waals surface area contributed by atoms with Crippen LogP contribution in [0.4, 0.5) is 5.82 Å². The van der Waals surface area contributed by atoms with Crippen LogP contribution in [-0.2, 0) is 4.79 Å². The Hall–Kier alpha value is -2.80. The molecule has 2 aromatic heterocycles. The number of anilines is 1. The van der Waals surface area contributed by atoms with E-state index in [-0.39, 0.29) is 5.92 Å². The number of nitrogens with zero attached hydrogens (tertiary/aromatic N) is 5. The summed E-state index contributed by atoms with van der Waals surface area (Å²) in [4.78, 5) is 15.1. The molecule has 1 aliphatic rings. The summed E-state index contributed by atoms with van der Waals surface area (Å²) in [5.41, 5.74) is 5.06. The largest absolute Gasteiger partial charge is 0.353 e. The quantitative estimate of drug-likeness (QED) is 0.518. The van der Waals surface area contributed by atoms with Crippen molar-refractivity contribution in [3.05, 3.63) is 41.2 Å². The molecule has 0 radical (unpaired) electrons. The van der Waals surface area contributed by atoms with E-state index >= 15 is 0 Å². The third kappa shape index (κ3) is 5.08. The van der Waals surface area contributed by atoms with Crippen LogP contribution in [0.15, 0.2) is 24.3 Å². The molecule has 1 atom stereocenters. The molecule has 0 saturated carbocycles. The molecule has 1 fully saturated rings. The van der Waals surface area contributed by atoms with Gasteiger partial charge in [-0.15, -0.1) is 5.10 Å². The van der Waals surface area contributed by atoms with Gasteiger partial charge in [0.05, 0.1) is 22.5 Å². The Bertz CT molecular complexity index is 1120. The number of benzene rings is 1. The first-order chi connectivity index (χ1) is 15.8. The minimum atomic E-state index is 0.0521. The highest BCUT2D eigenvalue weighted by Gasteiger charge is 2.29. The van der Waals surface area contributed by atoms with Crippen molar-refractivity contribution in [3.63, 3.8) is 0 Å². The number of rotatable bonds is 8. The van der Waals surface area contributed by atoms with Crippen molar-refractivity contribution in [1.82, 2.24) is 25.3 Å². The lowest BCUT2D eigenvalue weighted by molar-refractivity contribution is -0.123. The molecule has 1 saturated heterocycles. The molecule has 176 valence electrons. The van der Waals surface area contributed by atoms with Gasteiger partial charge in [0, 0.05) is 31.5 Å². The maximum absolute atomic E-state index is 12.9. The molecule has 3 aromatic rings. The first-order valence-electron chi connectivity index (χ1n) is 12.2. The molecule has 7 heteroatoms. The van der Waals surface area contributed by atoms with Gasteiger partial charge >= 0.3 is 0 Å². The number of nitrogens with one attached hydrogen (secondary N) is 1. The number of carbonyl (C=O) groups is 1. The fourth-order valence-corrected chi connectivity index (χ4v) is 4.75. The van der Waals surface area contributed by atoms with Crippen molar-refractivity contribution < 1.29 is 4.79 Å². The zero-order valence-electron chi connectivity index (χ0n) is 20.6. The lowest BCUT2D eigenvalue weighted by atomic mass is 9.91. The summed E-state index contributed by atoms with van der Waals surface area (Å²) in [6.07, 6.45) is 3.46. The summed E-state index contributed by atoms with van der Waals surface area (Å²) in [5, 5.41) is 18.5.